The number of halogens is 3. The molecular weight excluding hydrogens is 399 g/mol. The number of likely N-dealkylation sites (tertiary alicyclic amines) is 1. The lowest BCUT2D eigenvalue weighted by atomic mass is 10.0. The maximum atomic E-state index is 12.7. The lowest BCUT2D eigenvalue weighted by molar-refractivity contribution is -0.140. The number of hydrogen-bond donors (Lipinski definition) is 2. The standard InChI is InChI=1S/C20H26F3N5S/c1-2-24-19(25-11-18-27-17(14-29-18)20(21,22)23)26-16-9-6-10-28(13-16)12-15-7-4-3-5-8-15/h3-5,7-8,14,16H,2,6,9-13H2,1H3,(H2,24,25,26). The Hall–Kier alpha value is -2.13. The van der Waals surface area contributed by atoms with Gasteiger partial charge in [-0.05, 0) is 31.9 Å². The molecule has 2 aromatic rings. The Labute approximate surface area is 173 Å². The van der Waals surface area contributed by atoms with E-state index in [1.165, 1.54) is 5.56 Å². The summed E-state index contributed by atoms with van der Waals surface area (Å²) in [7, 11) is 0. The predicted molar refractivity (Wildman–Crippen MR) is 110 cm³/mol. The Morgan fingerprint density at radius 3 is 2.79 bits per heavy atom. The molecule has 0 aliphatic carbocycles. The SMILES string of the molecule is CCNC(=NCc1nc(C(F)(F)F)cs1)NC1CCCN(Cc2ccccc2)C1. The van der Waals surface area contributed by atoms with Crippen molar-refractivity contribution in [2.45, 2.75) is 45.1 Å². The third-order valence-corrected chi connectivity index (χ3v) is 5.49. The number of hydrogen-bond acceptors (Lipinski definition) is 4. The highest BCUT2D eigenvalue weighted by Crippen LogP contribution is 2.30. The van der Waals surface area contributed by atoms with Crippen LogP contribution in [-0.4, -0.2) is 41.5 Å². The molecule has 29 heavy (non-hydrogen) atoms. The van der Waals surface area contributed by atoms with E-state index in [2.05, 4.69) is 37.6 Å². The van der Waals surface area contributed by atoms with Crippen molar-refractivity contribution in [3.63, 3.8) is 0 Å². The van der Waals surface area contributed by atoms with Gasteiger partial charge in [-0.25, -0.2) is 9.98 Å². The molecule has 9 heteroatoms. The average molecular weight is 426 g/mol. The van der Waals surface area contributed by atoms with Gasteiger partial charge in [0.25, 0.3) is 0 Å². The molecule has 1 aromatic heterocycles. The van der Waals surface area contributed by atoms with Gasteiger partial charge in [0.2, 0.25) is 0 Å². The summed E-state index contributed by atoms with van der Waals surface area (Å²) < 4.78 is 38.1. The van der Waals surface area contributed by atoms with E-state index in [1.54, 1.807) is 0 Å². The van der Waals surface area contributed by atoms with Crippen molar-refractivity contribution >= 4 is 17.3 Å². The third-order valence-electron chi connectivity index (χ3n) is 4.65. The van der Waals surface area contributed by atoms with Gasteiger partial charge in [0.1, 0.15) is 5.01 Å². The summed E-state index contributed by atoms with van der Waals surface area (Å²) in [6, 6.07) is 10.6. The summed E-state index contributed by atoms with van der Waals surface area (Å²) in [5.74, 6) is 0.614. The smallest absolute Gasteiger partial charge is 0.357 e. The fraction of sp³-hybridized carbons (Fsp3) is 0.500. The van der Waals surface area contributed by atoms with E-state index in [9.17, 15) is 13.2 Å². The summed E-state index contributed by atoms with van der Waals surface area (Å²) in [6.45, 7) is 5.63. The number of aromatic nitrogens is 1. The Morgan fingerprint density at radius 1 is 1.31 bits per heavy atom. The normalized spacial score (nSPS) is 18.6. The summed E-state index contributed by atoms with van der Waals surface area (Å²) >= 11 is 0.982. The molecule has 1 atom stereocenters. The summed E-state index contributed by atoms with van der Waals surface area (Å²) in [6.07, 6.45) is -2.29. The Kier molecular flexibility index (Phi) is 7.49. The van der Waals surface area contributed by atoms with E-state index in [4.69, 9.17) is 0 Å². The first kappa shape index (κ1) is 21.6. The summed E-state index contributed by atoms with van der Waals surface area (Å²) in [4.78, 5) is 10.5. The fourth-order valence-electron chi connectivity index (χ4n) is 3.33. The van der Waals surface area contributed by atoms with E-state index in [1.807, 2.05) is 25.1 Å². The first-order chi connectivity index (χ1) is 13.9. The molecule has 2 N–H and O–H groups in total. The number of nitrogens with one attached hydrogen (secondary N) is 2. The van der Waals surface area contributed by atoms with Crippen molar-refractivity contribution in [2.24, 2.45) is 4.99 Å². The van der Waals surface area contributed by atoms with E-state index < -0.39 is 11.9 Å². The minimum Gasteiger partial charge on any atom is -0.357 e. The molecule has 0 radical (unpaired) electrons. The van der Waals surface area contributed by atoms with Gasteiger partial charge < -0.3 is 10.6 Å². The topological polar surface area (TPSA) is 52.6 Å². The van der Waals surface area contributed by atoms with Crippen molar-refractivity contribution in [3.8, 4) is 0 Å². The molecule has 1 aliphatic heterocycles. The van der Waals surface area contributed by atoms with Crippen LogP contribution in [0.5, 0.6) is 0 Å². The first-order valence-corrected chi connectivity index (χ1v) is 10.6. The van der Waals surface area contributed by atoms with Gasteiger partial charge >= 0.3 is 6.18 Å². The van der Waals surface area contributed by atoms with Gasteiger partial charge in [0.15, 0.2) is 11.7 Å². The zero-order chi connectivity index (χ0) is 20.7. The molecule has 0 spiro atoms. The first-order valence-electron chi connectivity index (χ1n) is 9.76. The molecular formula is C20H26F3N5S. The second-order valence-electron chi connectivity index (χ2n) is 7.02. The highest BCUT2D eigenvalue weighted by atomic mass is 32.1. The molecule has 1 aromatic carbocycles. The molecule has 0 amide bonds. The van der Waals surface area contributed by atoms with Gasteiger partial charge in [-0.3, -0.25) is 4.90 Å². The Balaban J connectivity index is 1.57. The molecule has 158 valence electrons. The van der Waals surface area contributed by atoms with E-state index in [0.717, 1.165) is 49.2 Å². The number of nitrogens with zero attached hydrogens (tertiary/aromatic N) is 3. The second-order valence-corrected chi connectivity index (χ2v) is 7.97. The van der Waals surface area contributed by atoms with Crippen molar-refractivity contribution in [1.82, 2.24) is 20.5 Å². The molecule has 0 saturated carbocycles. The van der Waals surface area contributed by atoms with Crippen LogP contribution >= 0.6 is 11.3 Å². The van der Waals surface area contributed by atoms with Crippen LogP contribution in [0.2, 0.25) is 0 Å². The highest BCUT2D eigenvalue weighted by Gasteiger charge is 2.33. The third kappa shape index (κ3) is 6.71. The van der Waals surface area contributed by atoms with Gasteiger partial charge in [0, 0.05) is 31.1 Å². The van der Waals surface area contributed by atoms with Crippen LogP contribution in [-0.2, 0) is 19.3 Å². The maximum Gasteiger partial charge on any atom is 0.434 e. The van der Waals surface area contributed by atoms with Crippen LogP contribution in [0.25, 0.3) is 0 Å². The van der Waals surface area contributed by atoms with Crippen LogP contribution in [0.15, 0.2) is 40.7 Å². The molecule has 0 bridgehead atoms. The zero-order valence-corrected chi connectivity index (χ0v) is 17.2. The number of rotatable bonds is 6. The molecule has 3 rings (SSSR count). The maximum absolute atomic E-state index is 12.7. The number of aliphatic imine (C=N–C) groups is 1. The van der Waals surface area contributed by atoms with Crippen molar-refractivity contribution in [3.05, 3.63) is 52.0 Å². The van der Waals surface area contributed by atoms with E-state index in [0.29, 0.717) is 17.5 Å². The lowest BCUT2D eigenvalue weighted by Crippen LogP contribution is -2.50. The average Bonchev–Trinajstić information content (AvgIpc) is 3.17. The number of benzene rings is 1. The number of thiazole rings is 1. The molecule has 2 heterocycles. The van der Waals surface area contributed by atoms with Gasteiger partial charge in [-0.2, -0.15) is 13.2 Å². The van der Waals surface area contributed by atoms with E-state index >= 15 is 0 Å². The molecule has 1 fully saturated rings. The van der Waals surface area contributed by atoms with Crippen LogP contribution in [0.3, 0.4) is 0 Å². The van der Waals surface area contributed by atoms with Crippen LogP contribution in [0, 0.1) is 0 Å². The van der Waals surface area contributed by atoms with Crippen molar-refractivity contribution in [2.75, 3.05) is 19.6 Å². The monoisotopic (exact) mass is 425 g/mol. The number of alkyl halides is 3. The predicted octanol–water partition coefficient (Wildman–Crippen LogP) is 3.88. The van der Waals surface area contributed by atoms with Crippen LogP contribution in [0.1, 0.15) is 36.0 Å². The molecule has 1 unspecified atom stereocenters. The van der Waals surface area contributed by atoms with Crippen molar-refractivity contribution in [1.29, 1.82) is 0 Å². The van der Waals surface area contributed by atoms with Gasteiger partial charge in [-0.15, -0.1) is 11.3 Å². The molecule has 1 aliphatic rings. The van der Waals surface area contributed by atoms with E-state index in [-0.39, 0.29) is 12.6 Å². The summed E-state index contributed by atoms with van der Waals surface area (Å²) in [5, 5.41) is 7.99. The fourth-order valence-corrected chi connectivity index (χ4v) is 4.06. The Bertz CT molecular complexity index is 791. The largest absolute Gasteiger partial charge is 0.434 e. The van der Waals surface area contributed by atoms with Crippen LogP contribution < -0.4 is 10.6 Å². The second kappa shape index (κ2) is 10.1. The number of piperidine rings is 1. The minimum absolute atomic E-state index is 0.122. The Morgan fingerprint density at radius 2 is 2.10 bits per heavy atom. The highest BCUT2D eigenvalue weighted by molar-refractivity contribution is 7.09. The quantitative estimate of drug-likeness (QED) is 0.545. The lowest BCUT2D eigenvalue weighted by Gasteiger charge is -2.34. The van der Waals surface area contributed by atoms with Crippen LogP contribution in [0.4, 0.5) is 13.2 Å². The summed E-state index contributed by atoms with van der Waals surface area (Å²) in [5.41, 5.74) is 0.437. The van der Waals surface area contributed by atoms with Crippen molar-refractivity contribution < 1.29 is 13.2 Å². The number of guanidine groups is 1. The minimum atomic E-state index is -4.41. The molecule has 1 saturated heterocycles. The zero-order valence-electron chi connectivity index (χ0n) is 16.4. The van der Waals surface area contributed by atoms with Gasteiger partial charge in [-0.1, -0.05) is 30.3 Å². The molecule has 5 nitrogen and oxygen atoms in total. The van der Waals surface area contributed by atoms with Gasteiger partial charge in [0.05, 0.1) is 6.54 Å².